The first kappa shape index (κ1) is 24.2. The number of likely N-dealkylation sites (N-methyl/N-ethyl adjacent to an activating group) is 2. The van der Waals surface area contributed by atoms with Crippen LogP contribution in [0.5, 0.6) is 0 Å². The van der Waals surface area contributed by atoms with Crippen molar-refractivity contribution in [3.8, 4) is 0 Å². The van der Waals surface area contributed by atoms with E-state index in [0.29, 0.717) is 5.92 Å². The van der Waals surface area contributed by atoms with Crippen LogP contribution in [-0.2, 0) is 16.0 Å². The zero-order valence-corrected chi connectivity index (χ0v) is 21.0. The summed E-state index contributed by atoms with van der Waals surface area (Å²) in [5.74, 6) is 1.50. The predicted octanol–water partition coefficient (Wildman–Crippen LogP) is 1.21. The molecule has 4 aliphatic heterocycles. The fourth-order valence-electron chi connectivity index (χ4n) is 5.79. The summed E-state index contributed by atoms with van der Waals surface area (Å²) in [5.41, 5.74) is 1.42. The number of nitrogens with zero attached hydrogens (tertiary/aromatic N) is 6. The molecule has 0 radical (unpaired) electrons. The Morgan fingerprint density at radius 3 is 2.37 bits per heavy atom. The van der Waals surface area contributed by atoms with E-state index in [0.717, 1.165) is 71.3 Å². The molecule has 5 rings (SSSR count). The number of likely N-dealkylation sites (tertiary alicyclic amines) is 1. The molecule has 4 aliphatic rings. The van der Waals surface area contributed by atoms with Gasteiger partial charge >= 0.3 is 6.03 Å². The lowest BCUT2D eigenvalue weighted by Crippen LogP contribution is -2.64. The second kappa shape index (κ2) is 10.6. The fraction of sp³-hybridized carbons (Fsp3) is 0.654. The van der Waals surface area contributed by atoms with Gasteiger partial charge in [-0.3, -0.25) is 19.5 Å². The number of hydrogen-bond donors (Lipinski definition) is 0. The monoisotopic (exact) mass is 482 g/mol. The summed E-state index contributed by atoms with van der Waals surface area (Å²) in [5, 5.41) is 0. The highest BCUT2D eigenvalue weighted by Crippen LogP contribution is 2.28. The van der Waals surface area contributed by atoms with E-state index in [1.807, 2.05) is 0 Å². The molecule has 0 spiro atoms. The molecule has 0 aromatic heterocycles. The van der Waals surface area contributed by atoms with Crippen LogP contribution in [-0.4, -0.2) is 128 Å². The molecule has 0 N–H and O–H groups in total. The van der Waals surface area contributed by atoms with Crippen LogP contribution in [0.25, 0.3) is 0 Å². The van der Waals surface area contributed by atoms with Crippen LogP contribution in [0.15, 0.2) is 35.3 Å². The van der Waals surface area contributed by atoms with Crippen LogP contribution in [0.3, 0.4) is 0 Å². The molecule has 190 valence electrons. The van der Waals surface area contributed by atoms with E-state index in [9.17, 15) is 9.59 Å². The molecule has 0 bridgehead atoms. The van der Waals surface area contributed by atoms with E-state index < -0.39 is 12.2 Å². The first-order chi connectivity index (χ1) is 17.0. The third-order valence-corrected chi connectivity index (χ3v) is 8.00. The third kappa shape index (κ3) is 5.22. The van der Waals surface area contributed by atoms with E-state index >= 15 is 0 Å². The summed E-state index contributed by atoms with van der Waals surface area (Å²) in [6, 6.07) is 10.0. The Kier molecular flexibility index (Phi) is 7.36. The van der Waals surface area contributed by atoms with Gasteiger partial charge in [0.05, 0.1) is 19.8 Å². The van der Waals surface area contributed by atoms with Crippen molar-refractivity contribution >= 4 is 17.8 Å². The van der Waals surface area contributed by atoms with Gasteiger partial charge in [0.15, 0.2) is 12.2 Å². The maximum Gasteiger partial charge on any atom is 0.328 e. The first-order valence-electron chi connectivity index (χ1n) is 13.0. The highest BCUT2D eigenvalue weighted by atomic mass is 16.5. The van der Waals surface area contributed by atoms with Crippen LogP contribution >= 0.6 is 0 Å². The lowest BCUT2D eigenvalue weighted by atomic mass is 9.90. The normalized spacial score (nSPS) is 26.9. The Balaban J connectivity index is 1.24. The van der Waals surface area contributed by atoms with Crippen molar-refractivity contribution in [3.63, 3.8) is 0 Å². The highest BCUT2D eigenvalue weighted by molar-refractivity contribution is 6.04. The Bertz CT molecular complexity index is 926. The van der Waals surface area contributed by atoms with Crippen LogP contribution in [0, 0.1) is 5.92 Å². The first-order valence-corrected chi connectivity index (χ1v) is 13.0. The molecule has 0 aliphatic carbocycles. The van der Waals surface area contributed by atoms with Crippen molar-refractivity contribution in [2.45, 2.75) is 31.5 Å². The van der Waals surface area contributed by atoms with Gasteiger partial charge in [0.25, 0.3) is 5.91 Å². The molecule has 2 atom stereocenters. The predicted molar refractivity (Wildman–Crippen MR) is 134 cm³/mol. The number of ether oxygens (including phenoxy) is 1. The number of carbonyl (C=O) groups is 2. The van der Waals surface area contributed by atoms with Crippen LogP contribution in [0.1, 0.15) is 18.4 Å². The van der Waals surface area contributed by atoms with Gasteiger partial charge in [-0.2, -0.15) is 0 Å². The summed E-state index contributed by atoms with van der Waals surface area (Å²) in [6.45, 7) is 7.72. The quantitative estimate of drug-likeness (QED) is 0.582. The standard InChI is InChI=1S/C26H38N6O3/c1-28-24-23(25(33)29(2)26(28)34)32(13-12-30-14-16-35-17-15-30)22(27-24)19-31-10-8-21(9-11-31)18-20-6-4-3-5-7-20/h3-7,21,23-24H,8-19H2,1-2H3. The molecule has 2 unspecified atom stereocenters. The lowest BCUT2D eigenvalue weighted by Gasteiger charge is -2.41. The van der Waals surface area contributed by atoms with Crippen molar-refractivity contribution in [1.82, 2.24) is 24.5 Å². The van der Waals surface area contributed by atoms with Crippen molar-refractivity contribution in [2.75, 3.05) is 73.1 Å². The van der Waals surface area contributed by atoms with Crippen LogP contribution in [0.2, 0.25) is 0 Å². The molecule has 9 heteroatoms. The molecule has 3 fully saturated rings. The summed E-state index contributed by atoms with van der Waals surface area (Å²) >= 11 is 0. The van der Waals surface area contributed by atoms with Crippen LogP contribution in [0.4, 0.5) is 4.79 Å². The highest BCUT2D eigenvalue weighted by Gasteiger charge is 2.51. The summed E-state index contributed by atoms with van der Waals surface area (Å²) in [6.07, 6.45) is 3.03. The Labute approximate surface area is 208 Å². The lowest BCUT2D eigenvalue weighted by molar-refractivity contribution is -0.136. The third-order valence-electron chi connectivity index (χ3n) is 8.00. The molecular weight excluding hydrogens is 444 g/mol. The second-order valence-electron chi connectivity index (χ2n) is 10.3. The second-order valence-corrected chi connectivity index (χ2v) is 10.3. The molecule has 3 amide bonds. The van der Waals surface area contributed by atoms with E-state index in [1.54, 1.807) is 19.0 Å². The topological polar surface area (TPSA) is 71.9 Å². The van der Waals surface area contributed by atoms with Crippen molar-refractivity contribution in [2.24, 2.45) is 10.9 Å². The number of imide groups is 1. The van der Waals surface area contributed by atoms with Crippen molar-refractivity contribution in [1.29, 1.82) is 0 Å². The summed E-state index contributed by atoms with van der Waals surface area (Å²) < 4.78 is 5.49. The maximum atomic E-state index is 13.2. The number of piperidine rings is 1. The number of hydrogen-bond acceptors (Lipinski definition) is 7. The SMILES string of the molecule is CN1C(=O)C2C(N=C(CN3CCC(Cc4ccccc4)CC3)N2CCN2CCOCC2)N(C)C1=O. The van der Waals surface area contributed by atoms with Gasteiger partial charge in [0, 0.05) is 40.3 Å². The molecule has 4 heterocycles. The fourth-order valence-corrected chi connectivity index (χ4v) is 5.79. The minimum absolute atomic E-state index is 0.152. The van der Waals surface area contributed by atoms with Crippen molar-refractivity contribution in [3.05, 3.63) is 35.9 Å². The molecule has 35 heavy (non-hydrogen) atoms. The van der Waals surface area contributed by atoms with Gasteiger partial charge in [0.1, 0.15) is 5.84 Å². The number of amidine groups is 1. The van der Waals surface area contributed by atoms with E-state index in [1.165, 1.54) is 23.3 Å². The Morgan fingerprint density at radius 1 is 0.943 bits per heavy atom. The van der Waals surface area contributed by atoms with Gasteiger partial charge in [-0.05, 0) is 43.8 Å². The minimum atomic E-state index is -0.443. The molecule has 3 saturated heterocycles. The minimum Gasteiger partial charge on any atom is -0.379 e. The Hall–Kier alpha value is -2.49. The zero-order valence-electron chi connectivity index (χ0n) is 21.0. The number of aliphatic imine (C=N–C) groups is 1. The average molecular weight is 483 g/mol. The number of fused-ring (bicyclic) bond motifs is 1. The Morgan fingerprint density at radius 2 is 1.66 bits per heavy atom. The smallest absolute Gasteiger partial charge is 0.328 e. The van der Waals surface area contributed by atoms with Gasteiger partial charge < -0.3 is 14.5 Å². The number of carbonyl (C=O) groups excluding carboxylic acids is 2. The van der Waals surface area contributed by atoms with E-state index in [4.69, 9.17) is 9.73 Å². The zero-order chi connectivity index (χ0) is 24.4. The molecule has 9 nitrogen and oxygen atoms in total. The molecule has 1 aromatic carbocycles. The van der Waals surface area contributed by atoms with Gasteiger partial charge in [-0.1, -0.05) is 30.3 Å². The van der Waals surface area contributed by atoms with Gasteiger partial charge in [0.2, 0.25) is 0 Å². The van der Waals surface area contributed by atoms with E-state index in [-0.39, 0.29) is 11.9 Å². The molecular formula is C26H38N6O3. The number of amides is 3. The number of urea groups is 1. The number of benzene rings is 1. The van der Waals surface area contributed by atoms with Crippen molar-refractivity contribution < 1.29 is 14.3 Å². The summed E-state index contributed by atoms with van der Waals surface area (Å²) in [7, 11) is 3.33. The van der Waals surface area contributed by atoms with Gasteiger partial charge in [-0.25, -0.2) is 9.79 Å². The maximum absolute atomic E-state index is 13.2. The number of morpholine rings is 1. The summed E-state index contributed by atoms with van der Waals surface area (Å²) in [4.78, 5) is 40.6. The van der Waals surface area contributed by atoms with Crippen LogP contribution < -0.4 is 0 Å². The average Bonchev–Trinajstić information content (AvgIpc) is 3.25. The number of rotatable bonds is 7. The van der Waals surface area contributed by atoms with Gasteiger partial charge in [-0.15, -0.1) is 0 Å². The molecule has 1 aromatic rings. The largest absolute Gasteiger partial charge is 0.379 e. The van der Waals surface area contributed by atoms with E-state index in [2.05, 4.69) is 45.0 Å². The molecule has 0 saturated carbocycles.